The van der Waals surface area contributed by atoms with Gasteiger partial charge in [0.05, 0.1) is 6.54 Å². The highest BCUT2D eigenvalue weighted by Gasteiger charge is 2.25. The molecule has 2 rings (SSSR count). The molecule has 23 heavy (non-hydrogen) atoms. The average molecular weight is 333 g/mol. The van der Waals surface area contributed by atoms with Gasteiger partial charge >= 0.3 is 0 Å². The van der Waals surface area contributed by atoms with Crippen LogP contribution < -0.4 is 5.32 Å². The number of guanidine groups is 1. The van der Waals surface area contributed by atoms with Crippen LogP contribution in [0.1, 0.15) is 12.5 Å². The van der Waals surface area contributed by atoms with Crippen LogP contribution in [0.5, 0.6) is 0 Å². The van der Waals surface area contributed by atoms with Crippen LogP contribution in [0, 0.1) is 12.3 Å². The first kappa shape index (κ1) is 17.2. The van der Waals surface area contributed by atoms with Crippen molar-refractivity contribution in [2.24, 2.45) is 4.99 Å². The van der Waals surface area contributed by atoms with Gasteiger partial charge in [0.1, 0.15) is 6.54 Å². The van der Waals surface area contributed by atoms with Crippen LogP contribution in [0.2, 0.25) is 5.02 Å². The number of aliphatic imine (C=N–C) groups is 1. The molecule has 0 radical (unpaired) electrons. The first-order valence-electron chi connectivity index (χ1n) is 7.63. The maximum atomic E-state index is 12.4. The summed E-state index contributed by atoms with van der Waals surface area (Å²) in [4.78, 5) is 20.5. The second kappa shape index (κ2) is 8.44. The summed E-state index contributed by atoms with van der Waals surface area (Å²) in [6, 6.07) is 7.57. The molecule has 0 atom stereocenters. The lowest BCUT2D eigenvalue weighted by molar-refractivity contribution is -0.135. The molecular weight excluding hydrogens is 312 g/mol. The molecule has 0 unspecified atom stereocenters. The Bertz CT molecular complexity index is 606. The van der Waals surface area contributed by atoms with E-state index in [0.29, 0.717) is 37.2 Å². The number of piperazine rings is 1. The van der Waals surface area contributed by atoms with Gasteiger partial charge in [-0.1, -0.05) is 29.7 Å². The largest absolute Gasteiger partial charge is 0.356 e. The Morgan fingerprint density at radius 2 is 2.13 bits per heavy atom. The van der Waals surface area contributed by atoms with Gasteiger partial charge in [-0.2, -0.15) is 0 Å². The minimum Gasteiger partial charge on any atom is -0.356 e. The molecule has 1 saturated heterocycles. The van der Waals surface area contributed by atoms with Crippen molar-refractivity contribution in [2.45, 2.75) is 13.5 Å². The Morgan fingerprint density at radius 1 is 1.39 bits per heavy atom. The fourth-order valence-electron chi connectivity index (χ4n) is 2.41. The molecule has 0 bridgehead atoms. The molecule has 122 valence electrons. The number of hydrogen-bond donors (Lipinski definition) is 1. The van der Waals surface area contributed by atoms with E-state index >= 15 is 0 Å². The van der Waals surface area contributed by atoms with Gasteiger partial charge in [0.15, 0.2) is 5.96 Å². The second-order valence-electron chi connectivity index (χ2n) is 5.24. The Labute approximate surface area is 142 Å². The molecule has 1 aliphatic rings. The highest BCUT2D eigenvalue weighted by Crippen LogP contribution is 2.13. The fraction of sp³-hybridized carbons (Fsp3) is 0.412. The summed E-state index contributed by atoms with van der Waals surface area (Å²) in [5.74, 6) is 3.27. The first-order valence-corrected chi connectivity index (χ1v) is 8.00. The van der Waals surface area contributed by atoms with Crippen molar-refractivity contribution in [3.05, 3.63) is 34.9 Å². The Morgan fingerprint density at radius 3 is 2.74 bits per heavy atom. The van der Waals surface area contributed by atoms with E-state index < -0.39 is 0 Å². The Balaban J connectivity index is 1.97. The van der Waals surface area contributed by atoms with Crippen molar-refractivity contribution in [1.29, 1.82) is 0 Å². The number of rotatable bonds is 4. The monoisotopic (exact) mass is 332 g/mol. The van der Waals surface area contributed by atoms with Gasteiger partial charge in [-0.05, 0) is 24.6 Å². The zero-order chi connectivity index (χ0) is 16.7. The zero-order valence-corrected chi connectivity index (χ0v) is 14.0. The lowest BCUT2D eigenvalue weighted by Gasteiger charge is -2.36. The van der Waals surface area contributed by atoms with Gasteiger partial charge in [-0.15, -0.1) is 6.42 Å². The highest BCUT2D eigenvalue weighted by atomic mass is 35.5. The summed E-state index contributed by atoms with van der Waals surface area (Å²) in [5, 5.41) is 3.87. The molecule has 1 N–H and O–H groups in total. The first-order chi connectivity index (χ1) is 11.1. The van der Waals surface area contributed by atoms with Crippen LogP contribution in [-0.4, -0.2) is 54.4 Å². The number of halogens is 1. The summed E-state index contributed by atoms with van der Waals surface area (Å²) in [6.07, 6.45) is 5.26. The number of carbonyl (C=O) groups excluding carboxylic acids is 1. The van der Waals surface area contributed by atoms with Gasteiger partial charge in [0.2, 0.25) is 5.91 Å². The minimum absolute atomic E-state index is 0.0810. The molecule has 0 aromatic heterocycles. The van der Waals surface area contributed by atoms with E-state index in [1.165, 1.54) is 0 Å². The molecule has 0 aliphatic carbocycles. The van der Waals surface area contributed by atoms with Crippen LogP contribution in [-0.2, 0) is 11.3 Å². The zero-order valence-electron chi connectivity index (χ0n) is 13.3. The van der Waals surface area contributed by atoms with Crippen molar-refractivity contribution >= 4 is 23.5 Å². The van der Waals surface area contributed by atoms with Crippen LogP contribution >= 0.6 is 11.6 Å². The predicted molar refractivity (Wildman–Crippen MR) is 93.3 cm³/mol. The third kappa shape index (κ3) is 4.90. The number of hydrogen-bond acceptors (Lipinski definition) is 2. The summed E-state index contributed by atoms with van der Waals surface area (Å²) in [5.41, 5.74) is 1.07. The predicted octanol–water partition coefficient (Wildman–Crippen LogP) is 1.58. The minimum atomic E-state index is 0.0810. The lowest BCUT2D eigenvalue weighted by atomic mass is 10.2. The Hall–Kier alpha value is -2.19. The maximum absolute atomic E-state index is 12.4. The van der Waals surface area contributed by atoms with E-state index in [9.17, 15) is 4.79 Å². The topological polar surface area (TPSA) is 47.9 Å². The van der Waals surface area contributed by atoms with Crippen molar-refractivity contribution in [3.63, 3.8) is 0 Å². The molecule has 1 aliphatic heterocycles. The summed E-state index contributed by atoms with van der Waals surface area (Å²) in [6.45, 7) is 5.33. The summed E-state index contributed by atoms with van der Waals surface area (Å²) < 4.78 is 0. The van der Waals surface area contributed by atoms with E-state index in [1.807, 2.05) is 41.0 Å². The number of carbonyl (C=O) groups is 1. The van der Waals surface area contributed by atoms with Gasteiger partial charge < -0.3 is 15.1 Å². The highest BCUT2D eigenvalue weighted by molar-refractivity contribution is 6.30. The van der Waals surface area contributed by atoms with E-state index in [-0.39, 0.29) is 5.91 Å². The molecule has 0 spiro atoms. The van der Waals surface area contributed by atoms with Crippen molar-refractivity contribution in [3.8, 4) is 12.3 Å². The normalized spacial score (nSPS) is 15.5. The molecule has 1 fully saturated rings. The van der Waals surface area contributed by atoms with Crippen LogP contribution in [0.4, 0.5) is 0 Å². The second-order valence-corrected chi connectivity index (χ2v) is 5.67. The third-order valence-electron chi connectivity index (χ3n) is 3.56. The lowest BCUT2D eigenvalue weighted by Crippen LogP contribution is -2.54. The smallest absolute Gasteiger partial charge is 0.242 e. The van der Waals surface area contributed by atoms with Gasteiger partial charge in [-0.3, -0.25) is 4.79 Å². The summed E-state index contributed by atoms with van der Waals surface area (Å²) >= 11 is 5.89. The molecule has 6 heteroatoms. The number of terminal acetylenes is 1. The molecule has 1 heterocycles. The molecule has 1 amide bonds. The van der Waals surface area contributed by atoms with Crippen molar-refractivity contribution < 1.29 is 4.79 Å². The van der Waals surface area contributed by atoms with E-state index in [1.54, 1.807) is 0 Å². The van der Waals surface area contributed by atoms with Gasteiger partial charge in [-0.25, -0.2) is 4.99 Å². The van der Waals surface area contributed by atoms with Crippen LogP contribution in [0.25, 0.3) is 0 Å². The molecule has 1 aromatic rings. The quantitative estimate of drug-likeness (QED) is 0.517. The number of nitrogens with zero attached hydrogens (tertiary/aromatic N) is 3. The van der Waals surface area contributed by atoms with Crippen molar-refractivity contribution in [1.82, 2.24) is 15.1 Å². The molecule has 0 saturated carbocycles. The molecule has 1 aromatic carbocycles. The molecular formula is C17H21ClN4O. The average Bonchev–Trinajstić information content (AvgIpc) is 2.55. The maximum Gasteiger partial charge on any atom is 0.242 e. The number of amides is 1. The Kier molecular flexibility index (Phi) is 6.30. The SMILES string of the molecule is C#CCN=C(NCC)N1CCN(Cc2ccc(Cl)cc2)C(=O)C1. The molecule has 5 nitrogen and oxygen atoms in total. The number of benzene rings is 1. The van der Waals surface area contributed by atoms with E-state index in [4.69, 9.17) is 18.0 Å². The standard InChI is InChI=1S/C17H21ClN4O/c1-3-9-20-17(19-4-2)22-11-10-21(16(23)13-22)12-14-5-7-15(18)8-6-14/h1,5-8H,4,9-13H2,2H3,(H,19,20). The number of nitrogens with one attached hydrogen (secondary N) is 1. The van der Waals surface area contributed by atoms with Gasteiger partial charge in [0, 0.05) is 31.2 Å². The summed E-state index contributed by atoms with van der Waals surface area (Å²) in [7, 11) is 0. The van der Waals surface area contributed by atoms with E-state index in [2.05, 4.69) is 16.2 Å². The van der Waals surface area contributed by atoms with Crippen LogP contribution in [0.3, 0.4) is 0 Å². The van der Waals surface area contributed by atoms with Crippen molar-refractivity contribution in [2.75, 3.05) is 32.7 Å². The fourth-order valence-corrected chi connectivity index (χ4v) is 2.54. The van der Waals surface area contributed by atoms with Gasteiger partial charge in [0.25, 0.3) is 0 Å². The van der Waals surface area contributed by atoms with E-state index in [0.717, 1.165) is 18.7 Å². The third-order valence-corrected chi connectivity index (χ3v) is 3.81. The van der Waals surface area contributed by atoms with Crippen LogP contribution in [0.15, 0.2) is 29.3 Å².